The van der Waals surface area contributed by atoms with Crippen molar-refractivity contribution in [1.82, 2.24) is 10.2 Å². The molecular weight excluding hydrogens is 260 g/mol. The van der Waals surface area contributed by atoms with Crippen molar-refractivity contribution in [3.8, 4) is 0 Å². The summed E-state index contributed by atoms with van der Waals surface area (Å²) in [5, 5.41) is 11.6. The van der Waals surface area contributed by atoms with Crippen LogP contribution in [0.2, 0.25) is 0 Å². The van der Waals surface area contributed by atoms with Crippen molar-refractivity contribution in [3.05, 3.63) is 0 Å². The van der Waals surface area contributed by atoms with Gasteiger partial charge in [0.1, 0.15) is 6.04 Å². The maximum absolute atomic E-state index is 12.1. The van der Waals surface area contributed by atoms with Crippen LogP contribution in [0.15, 0.2) is 0 Å². The number of hydrogen-bond acceptors (Lipinski definition) is 3. The number of likely N-dealkylation sites (tertiary alicyclic amines) is 1. The second-order valence-corrected chi connectivity index (χ2v) is 5.34. The molecule has 1 rings (SSSR count). The fraction of sp³-hybridized carbons (Fsp3) is 0.857. The molecule has 1 heterocycles. The van der Waals surface area contributed by atoms with E-state index in [1.807, 2.05) is 0 Å². The van der Waals surface area contributed by atoms with E-state index in [9.17, 15) is 9.59 Å². The number of carbonyl (C=O) groups excluding carboxylic acids is 1. The van der Waals surface area contributed by atoms with Crippen molar-refractivity contribution in [2.24, 2.45) is 5.92 Å². The van der Waals surface area contributed by atoms with Gasteiger partial charge < -0.3 is 20.1 Å². The number of amides is 2. The third-order valence-corrected chi connectivity index (χ3v) is 3.81. The van der Waals surface area contributed by atoms with Crippen molar-refractivity contribution < 1.29 is 19.4 Å². The third-order valence-electron chi connectivity index (χ3n) is 3.81. The van der Waals surface area contributed by atoms with Gasteiger partial charge in [0.2, 0.25) is 0 Å². The van der Waals surface area contributed by atoms with Gasteiger partial charge in [-0.3, -0.25) is 0 Å². The monoisotopic (exact) mass is 286 g/mol. The molecule has 0 aromatic rings. The van der Waals surface area contributed by atoms with Crippen LogP contribution in [0.25, 0.3) is 0 Å². The average molecular weight is 286 g/mol. The van der Waals surface area contributed by atoms with Crippen LogP contribution in [-0.4, -0.2) is 54.9 Å². The molecule has 1 atom stereocenters. The van der Waals surface area contributed by atoms with Crippen LogP contribution in [0.3, 0.4) is 0 Å². The number of nitrogens with one attached hydrogen (secondary N) is 1. The Labute approximate surface area is 120 Å². The number of methoxy groups -OCH3 is 1. The van der Waals surface area contributed by atoms with Crippen molar-refractivity contribution in [3.63, 3.8) is 0 Å². The summed E-state index contributed by atoms with van der Waals surface area (Å²) in [7, 11) is 1.51. The van der Waals surface area contributed by atoms with Gasteiger partial charge in [-0.1, -0.05) is 19.8 Å². The zero-order chi connectivity index (χ0) is 15.0. The smallest absolute Gasteiger partial charge is 0.326 e. The van der Waals surface area contributed by atoms with E-state index in [2.05, 4.69) is 12.2 Å². The minimum Gasteiger partial charge on any atom is -0.480 e. The van der Waals surface area contributed by atoms with Gasteiger partial charge in [-0.2, -0.15) is 0 Å². The number of carbonyl (C=O) groups is 2. The van der Waals surface area contributed by atoms with E-state index in [0.717, 1.165) is 12.8 Å². The number of carboxylic acids is 1. The summed E-state index contributed by atoms with van der Waals surface area (Å²) in [6.45, 7) is 3.92. The zero-order valence-corrected chi connectivity index (χ0v) is 12.4. The summed E-state index contributed by atoms with van der Waals surface area (Å²) in [4.78, 5) is 24.8. The molecular formula is C14H26N2O4. The van der Waals surface area contributed by atoms with Gasteiger partial charge in [0.25, 0.3) is 0 Å². The van der Waals surface area contributed by atoms with Crippen LogP contribution < -0.4 is 5.32 Å². The fourth-order valence-corrected chi connectivity index (χ4v) is 2.57. The Balaban J connectivity index is 2.39. The Morgan fingerprint density at radius 2 is 2.05 bits per heavy atom. The van der Waals surface area contributed by atoms with E-state index in [0.29, 0.717) is 25.6 Å². The van der Waals surface area contributed by atoms with Gasteiger partial charge in [-0.15, -0.1) is 0 Å². The molecule has 1 fully saturated rings. The normalized spacial score (nSPS) is 17.8. The molecule has 1 aliphatic heterocycles. The predicted molar refractivity (Wildman–Crippen MR) is 75.7 cm³/mol. The highest BCUT2D eigenvalue weighted by atomic mass is 16.5. The molecule has 116 valence electrons. The quantitative estimate of drug-likeness (QED) is 0.746. The molecule has 0 aromatic heterocycles. The van der Waals surface area contributed by atoms with Crippen LogP contribution in [0.4, 0.5) is 4.79 Å². The molecule has 0 radical (unpaired) electrons. The lowest BCUT2D eigenvalue weighted by molar-refractivity contribution is -0.139. The summed E-state index contributed by atoms with van der Waals surface area (Å²) >= 11 is 0. The first-order chi connectivity index (χ1) is 9.58. The van der Waals surface area contributed by atoms with Gasteiger partial charge in [0.05, 0.1) is 0 Å². The SMILES string of the molecule is CCCC1CCN(C(=O)NC(CCOC)C(=O)O)CC1. The first kappa shape index (κ1) is 16.8. The molecule has 1 saturated heterocycles. The summed E-state index contributed by atoms with van der Waals surface area (Å²) in [6.07, 6.45) is 4.69. The Morgan fingerprint density at radius 1 is 1.40 bits per heavy atom. The summed E-state index contributed by atoms with van der Waals surface area (Å²) in [5.41, 5.74) is 0. The maximum atomic E-state index is 12.1. The molecule has 2 amide bonds. The first-order valence-electron chi connectivity index (χ1n) is 7.35. The van der Waals surface area contributed by atoms with Gasteiger partial charge in [-0.05, 0) is 18.8 Å². The molecule has 2 N–H and O–H groups in total. The number of carboxylic acid groups (broad SMARTS) is 1. The Hall–Kier alpha value is -1.30. The summed E-state index contributed by atoms with van der Waals surface area (Å²) in [6, 6.07) is -1.15. The van der Waals surface area contributed by atoms with Crippen molar-refractivity contribution in [1.29, 1.82) is 0 Å². The number of nitrogens with zero attached hydrogens (tertiary/aromatic N) is 1. The lowest BCUT2D eigenvalue weighted by Gasteiger charge is -2.32. The number of hydrogen-bond donors (Lipinski definition) is 2. The standard InChI is InChI=1S/C14H26N2O4/c1-3-4-11-5-8-16(9-6-11)14(19)15-12(13(17)18)7-10-20-2/h11-12H,3-10H2,1-2H3,(H,15,19)(H,17,18). The number of rotatable bonds is 7. The number of urea groups is 1. The highest BCUT2D eigenvalue weighted by Gasteiger charge is 2.26. The minimum absolute atomic E-state index is 0.275. The van der Waals surface area contributed by atoms with Crippen molar-refractivity contribution in [2.75, 3.05) is 26.8 Å². The Kier molecular flexibility index (Phi) is 7.36. The van der Waals surface area contributed by atoms with Crippen LogP contribution in [0.1, 0.15) is 39.0 Å². The van der Waals surface area contributed by atoms with Crippen LogP contribution in [0, 0.1) is 5.92 Å². The average Bonchev–Trinajstić information content (AvgIpc) is 2.44. The Bertz CT molecular complexity index is 314. The van der Waals surface area contributed by atoms with E-state index >= 15 is 0 Å². The van der Waals surface area contributed by atoms with Gasteiger partial charge >= 0.3 is 12.0 Å². The van der Waals surface area contributed by atoms with Gasteiger partial charge in [0, 0.05) is 33.2 Å². The third kappa shape index (κ3) is 5.36. The molecule has 0 spiro atoms. The second kappa shape index (κ2) is 8.79. The van der Waals surface area contributed by atoms with Gasteiger partial charge in [0.15, 0.2) is 0 Å². The summed E-state index contributed by atoms with van der Waals surface area (Å²) < 4.78 is 4.86. The van der Waals surface area contributed by atoms with Gasteiger partial charge in [-0.25, -0.2) is 9.59 Å². The summed E-state index contributed by atoms with van der Waals surface area (Å²) in [5.74, 6) is -0.316. The highest BCUT2D eigenvalue weighted by Crippen LogP contribution is 2.21. The van der Waals surface area contributed by atoms with E-state index in [-0.39, 0.29) is 12.5 Å². The largest absolute Gasteiger partial charge is 0.480 e. The Morgan fingerprint density at radius 3 is 2.55 bits per heavy atom. The fourth-order valence-electron chi connectivity index (χ4n) is 2.57. The number of ether oxygens (including phenoxy) is 1. The predicted octanol–water partition coefficient (Wildman–Crippen LogP) is 1.70. The lowest BCUT2D eigenvalue weighted by Crippen LogP contribution is -2.50. The molecule has 0 bridgehead atoms. The molecule has 0 aromatic carbocycles. The van der Waals surface area contributed by atoms with E-state index in [4.69, 9.17) is 9.84 Å². The number of piperidine rings is 1. The molecule has 0 aliphatic carbocycles. The maximum Gasteiger partial charge on any atom is 0.326 e. The first-order valence-corrected chi connectivity index (χ1v) is 7.35. The molecule has 6 heteroatoms. The number of aliphatic carboxylic acids is 1. The zero-order valence-electron chi connectivity index (χ0n) is 12.4. The van der Waals surface area contributed by atoms with Crippen LogP contribution >= 0.6 is 0 Å². The van der Waals surface area contributed by atoms with Crippen molar-refractivity contribution in [2.45, 2.75) is 45.1 Å². The second-order valence-electron chi connectivity index (χ2n) is 5.34. The molecule has 1 unspecified atom stereocenters. The van der Waals surface area contributed by atoms with Crippen LogP contribution in [0.5, 0.6) is 0 Å². The molecule has 20 heavy (non-hydrogen) atoms. The van der Waals surface area contributed by atoms with E-state index < -0.39 is 12.0 Å². The highest BCUT2D eigenvalue weighted by molar-refractivity contribution is 5.82. The minimum atomic E-state index is -1.02. The molecule has 1 aliphatic rings. The molecule has 6 nitrogen and oxygen atoms in total. The molecule has 0 saturated carbocycles. The lowest BCUT2D eigenvalue weighted by atomic mass is 9.93. The van der Waals surface area contributed by atoms with E-state index in [1.54, 1.807) is 4.90 Å². The van der Waals surface area contributed by atoms with Crippen molar-refractivity contribution >= 4 is 12.0 Å². The van der Waals surface area contributed by atoms with E-state index in [1.165, 1.54) is 20.0 Å². The van der Waals surface area contributed by atoms with Crippen LogP contribution in [-0.2, 0) is 9.53 Å². The topological polar surface area (TPSA) is 78.9 Å².